The number of para-hydroxylation sites is 1. The van der Waals surface area contributed by atoms with Crippen molar-refractivity contribution in [3.8, 4) is 0 Å². The van der Waals surface area contributed by atoms with E-state index in [4.69, 9.17) is 10.3 Å². The molecule has 3 heterocycles. The van der Waals surface area contributed by atoms with Crippen molar-refractivity contribution < 1.29 is 9.32 Å². The van der Waals surface area contributed by atoms with E-state index < -0.39 is 0 Å². The Hall–Kier alpha value is -2.67. The number of rotatable bonds is 5. The first kappa shape index (κ1) is 19.6. The Bertz CT molecular complexity index is 949. The highest BCUT2D eigenvalue weighted by atomic mass is 16.5. The number of carbonyl (C=O) groups excluding carboxylic acids is 1. The van der Waals surface area contributed by atoms with Gasteiger partial charge in [-0.05, 0) is 57.5 Å². The zero-order chi connectivity index (χ0) is 20.4. The van der Waals surface area contributed by atoms with Crippen molar-refractivity contribution in [2.45, 2.75) is 32.6 Å². The van der Waals surface area contributed by atoms with E-state index in [0.29, 0.717) is 30.4 Å². The fourth-order valence-electron chi connectivity index (χ4n) is 4.17. The molecule has 1 saturated heterocycles. The van der Waals surface area contributed by atoms with Gasteiger partial charge in [0.1, 0.15) is 5.71 Å². The number of aromatic nitrogens is 1. The van der Waals surface area contributed by atoms with Crippen molar-refractivity contribution in [3.63, 3.8) is 0 Å². The number of piperidine rings is 1. The number of benzene rings is 1. The molecule has 0 unspecified atom stereocenters. The zero-order valence-electron chi connectivity index (χ0n) is 17.2. The van der Waals surface area contributed by atoms with Gasteiger partial charge in [-0.3, -0.25) is 9.79 Å². The quantitative estimate of drug-likeness (QED) is 0.841. The molecule has 2 aliphatic heterocycles. The van der Waals surface area contributed by atoms with Gasteiger partial charge < -0.3 is 20.1 Å². The summed E-state index contributed by atoms with van der Waals surface area (Å²) in [4.78, 5) is 21.5. The van der Waals surface area contributed by atoms with E-state index in [1.54, 1.807) is 0 Å². The van der Waals surface area contributed by atoms with Crippen LogP contribution in [0.25, 0.3) is 11.0 Å². The lowest BCUT2D eigenvalue weighted by Crippen LogP contribution is -2.47. The molecule has 0 atom stereocenters. The van der Waals surface area contributed by atoms with Crippen LogP contribution in [0.5, 0.6) is 0 Å². The SMILES string of the molecule is C/C(N)=C(\C)C1=NCCN(CCN2CCC(c3noc4ccccc34)CC2)C1=O. The maximum absolute atomic E-state index is 12.7. The Morgan fingerprint density at radius 3 is 2.69 bits per heavy atom. The minimum Gasteiger partial charge on any atom is -0.402 e. The van der Waals surface area contributed by atoms with Crippen molar-refractivity contribution in [2.75, 3.05) is 39.3 Å². The molecule has 1 fully saturated rings. The summed E-state index contributed by atoms with van der Waals surface area (Å²) in [6.07, 6.45) is 2.12. The Labute approximate surface area is 171 Å². The molecule has 0 bridgehead atoms. The van der Waals surface area contributed by atoms with Crippen LogP contribution >= 0.6 is 0 Å². The summed E-state index contributed by atoms with van der Waals surface area (Å²) in [6.45, 7) is 8.64. The maximum Gasteiger partial charge on any atom is 0.272 e. The molecule has 0 saturated carbocycles. The molecule has 1 amide bonds. The second-order valence-electron chi connectivity index (χ2n) is 8.01. The van der Waals surface area contributed by atoms with Crippen LogP contribution in [-0.4, -0.2) is 65.8 Å². The smallest absolute Gasteiger partial charge is 0.272 e. The molecule has 0 radical (unpaired) electrons. The van der Waals surface area contributed by atoms with Gasteiger partial charge >= 0.3 is 0 Å². The molecule has 2 aliphatic rings. The summed E-state index contributed by atoms with van der Waals surface area (Å²) in [5.41, 5.74) is 9.78. The molecule has 1 aromatic carbocycles. The fraction of sp³-hybridized carbons (Fsp3) is 0.500. The summed E-state index contributed by atoms with van der Waals surface area (Å²) in [7, 11) is 0. The van der Waals surface area contributed by atoms with Gasteiger partial charge in [0, 0.05) is 36.6 Å². The lowest BCUT2D eigenvalue weighted by molar-refractivity contribution is -0.124. The minimum atomic E-state index is 0.00232. The molecule has 2 aromatic rings. The molecule has 0 aliphatic carbocycles. The van der Waals surface area contributed by atoms with Gasteiger partial charge in [0.05, 0.1) is 12.2 Å². The first-order chi connectivity index (χ1) is 14.0. The number of amides is 1. The monoisotopic (exact) mass is 395 g/mol. The summed E-state index contributed by atoms with van der Waals surface area (Å²) < 4.78 is 5.48. The highest BCUT2D eigenvalue weighted by Crippen LogP contribution is 2.32. The van der Waals surface area contributed by atoms with Crippen LogP contribution < -0.4 is 5.73 Å². The van der Waals surface area contributed by atoms with Crippen LogP contribution in [-0.2, 0) is 4.79 Å². The number of carbonyl (C=O) groups is 1. The standard InChI is InChI=1S/C22H29N5O2/c1-15(16(2)23)20-22(28)27(12-9-24-20)14-13-26-10-7-17(8-11-26)21-18-5-3-4-6-19(18)29-25-21/h3-6,17H,7-14,23H2,1-2H3/b16-15-. The largest absolute Gasteiger partial charge is 0.402 e. The fourth-order valence-corrected chi connectivity index (χ4v) is 4.17. The Morgan fingerprint density at radius 2 is 1.93 bits per heavy atom. The highest BCUT2D eigenvalue weighted by Gasteiger charge is 2.28. The molecule has 0 spiro atoms. The first-order valence-electron chi connectivity index (χ1n) is 10.4. The number of allylic oxidation sites excluding steroid dienone is 1. The molecule has 7 nitrogen and oxygen atoms in total. The Kier molecular flexibility index (Phi) is 5.67. The number of nitrogens with two attached hydrogens (primary N) is 1. The molecule has 1 aromatic heterocycles. The van der Waals surface area contributed by atoms with Crippen molar-refractivity contribution in [3.05, 3.63) is 41.2 Å². The maximum atomic E-state index is 12.7. The van der Waals surface area contributed by atoms with Gasteiger partial charge in [-0.25, -0.2) is 0 Å². The lowest BCUT2D eigenvalue weighted by Gasteiger charge is -2.34. The number of aliphatic imine (C=N–C) groups is 1. The van der Waals surface area contributed by atoms with E-state index in [1.807, 2.05) is 36.9 Å². The summed E-state index contributed by atoms with van der Waals surface area (Å²) >= 11 is 0. The third-order valence-electron chi connectivity index (χ3n) is 6.14. The van der Waals surface area contributed by atoms with E-state index >= 15 is 0 Å². The molecule has 29 heavy (non-hydrogen) atoms. The van der Waals surface area contributed by atoms with Crippen LogP contribution in [0.4, 0.5) is 0 Å². The van der Waals surface area contributed by atoms with E-state index in [2.05, 4.69) is 21.1 Å². The van der Waals surface area contributed by atoms with E-state index in [1.165, 1.54) is 0 Å². The van der Waals surface area contributed by atoms with Gasteiger partial charge in [-0.15, -0.1) is 0 Å². The first-order valence-corrected chi connectivity index (χ1v) is 10.4. The van der Waals surface area contributed by atoms with Crippen molar-refractivity contribution in [1.82, 2.24) is 15.0 Å². The summed E-state index contributed by atoms with van der Waals surface area (Å²) in [5, 5.41) is 5.47. The van der Waals surface area contributed by atoms with Gasteiger partial charge in [-0.2, -0.15) is 0 Å². The van der Waals surface area contributed by atoms with Crippen molar-refractivity contribution >= 4 is 22.6 Å². The van der Waals surface area contributed by atoms with Gasteiger partial charge in [0.15, 0.2) is 5.58 Å². The third-order valence-corrected chi connectivity index (χ3v) is 6.14. The number of hydrogen-bond acceptors (Lipinski definition) is 6. The molecular formula is C22H29N5O2. The normalized spacial score (nSPS) is 20.1. The van der Waals surface area contributed by atoms with Gasteiger partial charge in [0.2, 0.25) is 0 Å². The Balaban J connectivity index is 1.31. The predicted octanol–water partition coefficient (Wildman–Crippen LogP) is 2.54. The topological polar surface area (TPSA) is 88.0 Å². The summed E-state index contributed by atoms with van der Waals surface area (Å²) in [6, 6.07) is 8.07. The predicted molar refractivity (Wildman–Crippen MR) is 114 cm³/mol. The van der Waals surface area contributed by atoms with Crippen LogP contribution in [0, 0.1) is 0 Å². The lowest BCUT2D eigenvalue weighted by atomic mass is 9.91. The highest BCUT2D eigenvalue weighted by molar-refractivity contribution is 6.45. The number of fused-ring (bicyclic) bond motifs is 1. The van der Waals surface area contributed by atoms with E-state index in [9.17, 15) is 4.79 Å². The average molecular weight is 396 g/mol. The van der Waals surface area contributed by atoms with Crippen LogP contribution in [0.3, 0.4) is 0 Å². The minimum absolute atomic E-state index is 0.00232. The second-order valence-corrected chi connectivity index (χ2v) is 8.01. The molecule has 2 N–H and O–H groups in total. The van der Waals surface area contributed by atoms with Crippen LogP contribution in [0.2, 0.25) is 0 Å². The third kappa shape index (κ3) is 4.05. The summed E-state index contributed by atoms with van der Waals surface area (Å²) in [5.74, 6) is 0.438. The van der Waals surface area contributed by atoms with Crippen molar-refractivity contribution in [2.24, 2.45) is 10.7 Å². The van der Waals surface area contributed by atoms with E-state index in [-0.39, 0.29) is 5.91 Å². The number of likely N-dealkylation sites (tertiary alicyclic amines) is 1. The van der Waals surface area contributed by atoms with Crippen molar-refractivity contribution in [1.29, 1.82) is 0 Å². The molecule has 154 valence electrons. The zero-order valence-corrected chi connectivity index (χ0v) is 17.2. The van der Waals surface area contributed by atoms with Crippen LogP contribution in [0.15, 0.2) is 45.1 Å². The van der Waals surface area contributed by atoms with E-state index in [0.717, 1.165) is 61.3 Å². The Morgan fingerprint density at radius 1 is 1.17 bits per heavy atom. The molecular weight excluding hydrogens is 366 g/mol. The molecule has 7 heteroatoms. The average Bonchev–Trinajstić information content (AvgIpc) is 3.17. The molecule has 4 rings (SSSR count). The van der Waals surface area contributed by atoms with Gasteiger partial charge in [0.25, 0.3) is 5.91 Å². The second kappa shape index (κ2) is 8.37. The van der Waals surface area contributed by atoms with Crippen LogP contribution in [0.1, 0.15) is 38.3 Å². The number of hydrogen-bond donors (Lipinski definition) is 1. The number of nitrogens with zero attached hydrogens (tertiary/aromatic N) is 4. The van der Waals surface area contributed by atoms with Gasteiger partial charge in [-0.1, -0.05) is 17.3 Å².